The maximum Gasteiger partial charge on any atom is 0.270 e. The van der Waals surface area contributed by atoms with Gasteiger partial charge < -0.3 is 15.4 Å². The van der Waals surface area contributed by atoms with Crippen molar-refractivity contribution in [3.05, 3.63) is 78.4 Å². The molecule has 1 aromatic carbocycles. The third kappa shape index (κ3) is 5.54. The quantitative estimate of drug-likeness (QED) is 0.666. The second-order valence-electron chi connectivity index (χ2n) is 6.28. The van der Waals surface area contributed by atoms with Gasteiger partial charge in [0.05, 0.1) is 6.10 Å². The number of carbonyl (C=O) groups excluding carboxylic acids is 1. The lowest BCUT2D eigenvalue weighted by Crippen LogP contribution is -2.23. The Morgan fingerprint density at radius 1 is 1.00 bits per heavy atom. The zero-order valence-corrected chi connectivity index (χ0v) is 15.3. The summed E-state index contributed by atoms with van der Waals surface area (Å²) in [6.07, 6.45) is 5.14. The van der Waals surface area contributed by atoms with E-state index in [1.807, 2.05) is 56.3 Å². The molecular formula is C21H22N4O2. The van der Waals surface area contributed by atoms with Crippen LogP contribution in [0, 0.1) is 0 Å². The number of nitrogens with zero attached hydrogens (tertiary/aromatic N) is 2. The number of hydrogen-bond acceptors (Lipinski definition) is 5. The second kappa shape index (κ2) is 8.80. The van der Waals surface area contributed by atoms with Crippen LogP contribution in [0.2, 0.25) is 0 Å². The number of rotatable bonds is 7. The van der Waals surface area contributed by atoms with Gasteiger partial charge in [0.2, 0.25) is 0 Å². The molecule has 6 nitrogen and oxygen atoms in total. The molecule has 0 atom stereocenters. The molecule has 6 heteroatoms. The molecule has 27 heavy (non-hydrogen) atoms. The molecule has 2 aromatic heterocycles. The molecule has 0 spiro atoms. The third-order valence-electron chi connectivity index (χ3n) is 3.71. The van der Waals surface area contributed by atoms with Gasteiger partial charge in [-0.1, -0.05) is 0 Å². The average Bonchev–Trinajstić information content (AvgIpc) is 2.68. The minimum atomic E-state index is -0.226. The van der Waals surface area contributed by atoms with Crippen molar-refractivity contribution in [1.29, 1.82) is 0 Å². The summed E-state index contributed by atoms with van der Waals surface area (Å²) >= 11 is 0. The van der Waals surface area contributed by atoms with Crippen molar-refractivity contribution in [1.82, 2.24) is 15.3 Å². The van der Waals surface area contributed by atoms with Crippen molar-refractivity contribution < 1.29 is 9.53 Å². The number of ether oxygens (including phenoxy) is 1. The molecule has 0 fully saturated rings. The summed E-state index contributed by atoms with van der Waals surface area (Å²) in [7, 11) is 0. The molecular weight excluding hydrogens is 340 g/mol. The van der Waals surface area contributed by atoms with E-state index in [-0.39, 0.29) is 12.0 Å². The molecule has 0 aliphatic carbocycles. The second-order valence-corrected chi connectivity index (χ2v) is 6.28. The van der Waals surface area contributed by atoms with Crippen LogP contribution < -0.4 is 15.4 Å². The smallest absolute Gasteiger partial charge is 0.270 e. The van der Waals surface area contributed by atoms with Gasteiger partial charge >= 0.3 is 0 Å². The Morgan fingerprint density at radius 3 is 2.44 bits per heavy atom. The van der Waals surface area contributed by atoms with Crippen LogP contribution in [0.15, 0.2) is 67.1 Å². The Morgan fingerprint density at radius 2 is 1.74 bits per heavy atom. The fraction of sp³-hybridized carbons (Fsp3) is 0.190. The summed E-state index contributed by atoms with van der Waals surface area (Å²) in [5.74, 6) is 0.595. The molecule has 3 rings (SSSR count). The van der Waals surface area contributed by atoms with Crippen molar-refractivity contribution in [3.63, 3.8) is 0 Å². The molecule has 3 aromatic rings. The van der Waals surface area contributed by atoms with E-state index in [2.05, 4.69) is 20.6 Å². The first kappa shape index (κ1) is 18.4. The van der Waals surface area contributed by atoms with Crippen LogP contribution >= 0.6 is 0 Å². The molecule has 0 radical (unpaired) electrons. The Balaban J connectivity index is 1.62. The van der Waals surface area contributed by atoms with Crippen LogP contribution in [0.25, 0.3) is 0 Å². The highest BCUT2D eigenvalue weighted by Crippen LogP contribution is 2.21. The van der Waals surface area contributed by atoms with Crippen molar-refractivity contribution in [2.45, 2.75) is 26.5 Å². The van der Waals surface area contributed by atoms with Crippen LogP contribution in [-0.2, 0) is 6.54 Å². The number of nitrogens with one attached hydrogen (secondary N) is 2. The number of carbonyl (C=O) groups is 1. The number of anilines is 2. The van der Waals surface area contributed by atoms with Gasteiger partial charge in [-0.05, 0) is 67.9 Å². The van der Waals surface area contributed by atoms with Gasteiger partial charge in [-0.25, -0.2) is 0 Å². The van der Waals surface area contributed by atoms with E-state index in [1.165, 1.54) is 0 Å². The summed E-state index contributed by atoms with van der Waals surface area (Å²) in [6.45, 7) is 4.41. The normalized spacial score (nSPS) is 10.5. The molecule has 0 aliphatic heterocycles. The predicted molar refractivity (Wildman–Crippen MR) is 105 cm³/mol. The van der Waals surface area contributed by atoms with Gasteiger partial charge in [-0.2, -0.15) is 0 Å². The first-order valence-corrected chi connectivity index (χ1v) is 8.77. The van der Waals surface area contributed by atoms with Crippen LogP contribution in [0.3, 0.4) is 0 Å². The van der Waals surface area contributed by atoms with E-state index >= 15 is 0 Å². The lowest BCUT2D eigenvalue weighted by molar-refractivity contribution is 0.0946. The molecule has 2 N–H and O–H groups in total. The van der Waals surface area contributed by atoms with Gasteiger partial charge in [-0.15, -0.1) is 0 Å². The Kier molecular flexibility index (Phi) is 5.99. The maximum absolute atomic E-state index is 12.3. The molecule has 0 aliphatic rings. The molecule has 0 saturated heterocycles. The number of pyridine rings is 2. The number of hydrogen-bond donors (Lipinski definition) is 2. The minimum Gasteiger partial charge on any atom is -0.491 e. The molecule has 2 heterocycles. The van der Waals surface area contributed by atoms with Crippen LogP contribution in [0.5, 0.6) is 5.75 Å². The summed E-state index contributed by atoms with van der Waals surface area (Å²) in [5, 5.41) is 6.13. The van der Waals surface area contributed by atoms with E-state index in [1.54, 1.807) is 24.7 Å². The fourth-order valence-corrected chi connectivity index (χ4v) is 2.46. The molecule has 0 saturated carbocycles. The highest BCUT2D eigenvalue weighted by molar-refractivity contribution is 5.93. The van der Waals surface area contributed by atoms with Crippen molar-refractivity contribution in [2.75, 3.05) is 5.32 Å². The first-order chi connectivity index (χ1) is 13.1. The van der Waals surface area contributed by atoms with Crippen molar-refractivity contribution in [2.24, 2.45) is 0 Å². The van der Waals surface area contributed by atoms with Gasteiger partial charge in [0.25, 0.3) is 5.91 Å². The lowest BCUT2D eigenvalue weighted by atomic mass is 10.2. The van der Waals surface area contributed by atoms with Crippen molar-refractivity contribution >= 4 is 17.3 Å². The monoisotopic (exact) mass is 362 g/mol. The van der Waals surface area contributed by atoms with Crippen LogP contribution in [0.4, 0.5) is 11.4 Å². The Hall–Kier alpha value is -3.41. The first-order valence-electron chi connectivity index (χ1n) is 8.77. The van der Waals surface area contributed by atoms with Gasteiger partial charge in [-0.3, -0.25) is 14.8 Å². The number of benzene rings is 1. The minimum absolute atomic E-state index is 0.136. The topological polar surface area (TPSA) is 76.1 Å². The standard InChI is InChI=1S/C21H22N4O2/c1-15(2)27-19-5-3-17(4-6-19)25-18-9-12-23-20(13-18)21(26)24-14-16-7-10-22-11-8-16/h3-13,15H,14H2,1-2H3,(H,23,25)(H,24,26). The highest BCUT2D eigenvalue weighted by Gasteiger charge is 2.08. The molecule has 0 unspecified atom stereocenters. The zero-order valence-electron chi connectivity index (χ0n) is 15.3. The van der Waals surface area contributed by atoms with Crippen LogP contribution in [0.1, 0.15) is 29.9 Å². The summed E-state index contributed by atoms with van der Waals surface area (Å²) < 4.78 is 5.64. The molecule has 1 amide bonds. The third-order valence-corrected chi connectivity index (χ3v) is 3.71. The summed E-state index contributed by atoms with van der Waals surface area (Å²) in [5.41, 5.74) is 3.03. The largest absolute Gasteiger partial charge is 0.491 e. The van der Waals surface area contributed by atoms with Gasteiger partial charge in [0.15, 0.2) is 0 Å². The van der Waals surface area contributed by atoms with E-state index < -0.39 is 0 Å². The SMILES string of the molecule is CC(C)Oc1ccc(Nc2ccnc(C(=O)NCc3ccncc3)c2)cc1. The van der Waals surface area contributed by atoms with Gasteiger partial charge in [0, 0.05) is 36.5 Å². The number of aromatic nitrogens is 2. The molecule has 0 bridgehead atoms. The lowest BCUT2D eigenvalue weighted by Gasteiger charge is -2.11. The van der Waals surface area contributed by atoms with E-state index in [9.17, 15) is 4.79 Å². The highest BCUT2D eigenvalue weighted by atomic mass is 16.5. The average molecular weight is 362 g/mol. The van der Waals surface area contributed by atoms with E-state index in [0.29, 0.717) is 12.2 Å². The summed E-state index contributed by atoms with van der Waals surface area (Å²) in [4.78, 5) is 20.5. The maximum atomic E-state index is 12.3. The predicted octanol–water partition coefficient (Wildman–Crippen LogP) is 3.94. The zero-order chi connectivity index (χ0) is 19.1. The van der Waals surface area contributed by atoms with Crippen molar-refractivity contribution in [3.8, 4) is 5.75 Å². The number of amides is 1. The Labute approximate surface area is 158 Å². The van der Waals surface area contributed by atoms with E-state index in [0.717, 1.165) is 22.7 Å². The van der Waals surface area contributed by atoms with Gasteiger partial charge in [0.1, 0.15) is 11.4 Å². The molecule has 138 valence electrons. The fourth-order valence-electron chi connectivity index (χ4n) is 2.46. The summed E-state index contributed by atoms with van der Waals surface area (Å²) in [6, 6.07) is 14.9. The van der Waals surface area contributed by atoms with Crippen LogP contribution in [-0.4, -0.2) is 22.0 Å². The van der Waals surface area contributed by atoms with E-state index in [4.69, 9.17) is 4.74 Å². The Bertz CT molecular complexity index is 880.